The van der Waals surface area contributed by atoms with Gasteiger partial charge in [0.1, 0.15) is 5.70 Å². The third-order valence-corrected chi connectivity index (χ3v) is 2.80. The summed E-state index contributed by atoms with van der Waals surface area (Å²) in [7, 11) is 3.85. The van der Waals surface area contributed by atoms with Gasteiger partial charge in [0.25, 0.3) is 0 Å². The Morgan fingerprint density at radius 3 is 3.17 bits per heavy atom. The summed E-state index contributed by atoms with van der Waals surface area (Å²) in [5.74, 6) is 6.73. The highest BCUT2D eigenvalue weighted by Crippen LogP contribution is 2.18. The van der Waals surface area contributed by atoms with Crippen molar-refractivity contribution in [3.05, 3.63) is 23.8 Å². The third-order valence-electron chi connectivity index (χ3n) is 2.60. The van der Waals surface area contributed by atoms with Crippen molar-refractivity contribution in [2.45, 2.75) is 5.50 Å². The largest absolute Gasteiger partial charge is 0.389 e. The molecule has 1 atom stereocenters. The summed E-state index contributed by atoms with van der Waals surface area (Å²) >= 11 is 5.90. The predicted molar refractivity (Wildman–Crippen MR) is 71.7 cm³/mol. The lowest BCUT2D eigenvalue weighted by Crippen LogP contribution is -2.30. The van der Waals surface area contributed by atoms with Crippen LogP contribution in [0.1, 0.15) is 0 Å². The molecule has 0 aliphatic carbocycles. The number of allylic oxidation sites excluding steroid dienone is 1. The Morgan fingerprint density at radius 1 is 1.56 bits per heavy atom. The average Bonchev–Trinajstić information content (AvgIpc) is 2.69. The van der Waals surface area contributed by atoms with E-state index in [1.54, 1.807) is 0 Å². The average molecular weight is 266 g/mol. The van der Waals surface area contributed by atoms with Crippen LogP contribution >= 0.6 is 11.6 Å². The van der Waals surface area contributed by atoms with E-state index in [1.165, 1.54) is 0 Å². The molecule has 2 aliphatic heterocycles. The minimum absolute atomic E-state index is 0.571. The van der Waals surface area contributed by atoms with Gasteiger partial charge in [0.05, 0.1) is 0 Å². The zero-order valence-corrected chi connectivity index (χ0v) is 11.3. The molecule has 0 bridgehead atoms. The maximum absolute atomic E-state index is 5.90. The second kappa shape index (κ2) is 5.78. The maximum atomic E-state index is 5.90. The summed E-state index contributed by atoms with van der Waals surface area (Å²) in [6.07, 6.45) is 4.03. The minimum atomic E-state index is -0.571. The monoisotopic (exact) mass is 265 g/mol. The molecule has 2 rings (SSSR count). The van der Waals surface area contributed by atoms with Gasteiger partial charge in [-0.25, -0.2) is 0 Å². The van der Waals surface area contributed by atoms with Gasteiger partial charge in [-0.15, -0.1) is 5.11 Å². The lowest BCUT2D eigenvalue weighted by molar-refractivity contribution is 0.376. The molecule has 6 heteroatoms. The number of hydrogen-bond donors (Lipinski definition) is 1. The third kappa shape index (κ3) is 2.96. The number of rotatable bonds is 2. The highest BCUT2D eigenvalue weighted by Gasteiger charge is 2.17. The topological polar surface area (TPSA) is 43.2 Å². The van der Waals surface area contributed by atoms with Crippen LogP contribution in [0.15, 0.2) is 34.0 Å². The molecule has 0 spiro atoms. The van der Waals surface area contributed by atoms with E-state index in [-0.39, 0.29) is 0 Å². The lowest BCUT2D eigenvalue weighted by Gasteiger charge is -2.24. The van der Waals surface area contributed by atoms with Crippen molar-refractivity contribution >= 4 is 11.6 Å². The van der Waals surface area contributed by atoms with Crippen LogP contribution in [0.25, 0.3) is 0 Å². The first-order chi connectivity index (χ1) is 8.68. The molecule has 1 N–H and O–H groups in total. The van der Waals surface area contributed by atoms with Gasteiger partial charge in [-0.3, -0.25) is 0 Å². The summed E-state index contributed by atoms with van der Waals surface area (Å²) in [5.41, 5.74) is 0.304. The molecule has 0 saturated heterocycles. The molecule has 1 unspecified atom stereocenters. The van der Waals surface area contributed by atoms with E-state index in [9.17, 15) is 0 Å². The Kier molecular flexibility index (Phi) is 4.11. The molecule has 0 aromatic carbocycles. The molecular weight excluding hydrogens is 250 g/mol. The summed E-state index contributed by atoms with van der Waals surface area (Å²) in [6, 6.07) is 0. The number of nitrogens with zero attached hydrogens (tertiary/aromatic N) is 4. The molecule has 0 aromatic rings. The van der Waals surface area contributed by atoms with Crippen LogP contribution in [0.3, 0.4) is 0 Å². The van der Waals surface area contributed by atoms with Gasteiger partial charge in [0.2, 0.25) is 5.50 Å². The molecule has 2 heterocycles. The van der Waals surface area contributed by atoms with E-state index < -0.39 is 5.50 Å². The van der Waals surface area contributed by atoms with Crippen molar-refractivity contribution in [2.75, 3.05) is 33.7 Å². The molecule has 18 heavy (non-hydrogen) atoms. The van der Waals surface area contributed by atoms with Gasteiger partial charge in [-0.2, -0.15) is 5.11 Å². The smallest absolute Gasteiger partial charge is 0.205 e. The fourth-order valence-corrected chi connectivity index (χ4v) is 1.83. The van der Waals surface area contributed by atoms with Crippen molar-refractivity contribution < 1.29 is 0 Å². The molecule has 5 nitrogen and oxygen atoms in total. The molecule has 0 saturated carbocycles. The summed E-state index contributed by atoms with van der Waals surface area (Å²) < 4.78 is 0. The van der Waals surface area contributed by atoms with Gasteiger partial charge in [-0.05, 0) is 18.2 Å². The van der Waals surface area contributed by atoms with Gasteiger partial charge >= 0.3 is 0 Å². The van der Waals surface area contributed by atoms with Crippen molar-refractivity contribution in [1.82, 2.24) is 15.1 Å². The van der Waals surface area contributed by atoms with Crippen LogP contribution < -0.4 is 5.32 Å². The number of azo groups is 1. The van der Waals surface area contributed by atoms with E-state index in [0.29, 0.717) is 0 Å². The first kappa shape index (κ1) is 12.8. The summed E-state index contributed by atoms with van der Waals surface area (Å²) in [6.45, 7) is 2.55. The number of alkyl halides is 1. The fourth-order valence-electron chi connectivity index (χ4n) is 1.73. The SMILES string of the molecule is CN(C)C1=C(N2CC=CNCC2)C#CC(Cl)N=N1. The normalized spacial score (nSPS) is 22.8. The van der Waals surface area contributed by atoms with Crippen molar-refractivity contribution in [1.29, 1.82) is 0 Å². The molecular formula is C12H16ClN5. The second-order valence-corrected chi connectivity index (χ2v) is 4.60. The fraction of sp³-hybridized carbons (Fsp3) is 0.500. The molecule has 0 amide bonds. The van der Waals surface area contributed by atoms with Crippen LogP contribution in [0, 0.1) is 11.8 Å². The molecule has 96 valence electrons. The van der Waals surface area contributed by atoms with Gasteiger partial charge in [0.15, 0.2) is 5.82 Å². The van der Waals surface area contributed by atoms with Gasteiger partial charge in [-0.1, -0.05) is 17.5 Å². The van der Waals surface area contributed by atoms with E-state index in [0.717, 1.165) is 31.2 Å². The first-order valence-electron chi connectivity index (χ1n) is 5.80. The molecule has 0 fully saturated rings. The highest BCUT2D eigenvalue weighted by atomic mass is 35.5. The molecule has 0 radical (unpaired) electrons. The van der Waals surface area contributed by atoms with Crippen molar-refractivity contribution in [2.24, 2.45) is 10.2 Å². The Bertz CT molecular complexity index is 455. The lowest BCUT2D eigenvalue weighted by atomic mass is 10.3. The van der Waals surface area contributed by atoms with Crippen LogP contribution in [0.5, 0.6) is 0 Å². The zero-order valence-electron chi connectivity index (χ0n) is 10.5. The minimum Gasteiger partial charge on any atom is -0.389 e. The van der Waals surface area contributed by atoms with Crippen molar-refractivity contribution in [3.8, 4) is 11.8 Å². The second-order valence-electron chi connectivity index (χ2n) is 4.19. The molecule has 2 aliphatic rings. The maximum Gasteiger partial charge on any atom is 0.205 e. The first-order valence-corrected chi connectivity index (χ1v) is 6.23. The van der Waals surface area contributed by atoms with Crippen LogP contribution in [0.2, 0.25) is 0 Å². The Hall–Kier alpha value is -1.67. The van der Waals surface area contributed by atoms with E-state index in [4.69, 9.17) is 11.6 Å². The Labute approximate surface area is 112 Å². The van der Waals surface area contributed by atoms with Crippen molar-refractivity contribution in [3.63, 3.8) is 0 Å². The van der Waals surface area contributed by atoms with Crippen LogP contribution in [-0.2, 0) is 0 Å². The van der Waals surface area contributed by atoms with E-state index >= 15 is 0 Å². The van der Waals surface area contributed by atoms with Gasteiger partial charge in [0, 0.05) is 33.7 Å². The Balaban J connectivity index is 2.34. The standard InChI is InChI=1S/C12H16ClN5/c1-17(2)12-10(4-5-11(13)15-16-12)18-8-3-6-14-7-9-18/h3,6,11,14H,7-9H2,1-2H3. The quantitative estimate of drug-likeness (QED) is 0.463. The highest BCUT2D eigenvalue weighted by molar-refractivity contribution is 6.22. The Morgan fingerprint density at radius 2 is 2.39 bits per heavy atom. The number of nitrogens with one attached hydrogen (secondary N) is 1. The number of hydrogen-bond acceptors (Lipinski definition) is 5. The molecule has 0 aromatic heterocycles. The van der Waals surface area contributed by atoms with E-state index in [2.05, 4.69) is 38.4 Å². The summed E-state index contributed by atoms with van der Waals surface area (Å²) in [5, 5.41) is 11.3. The number of halogens is 1. The van der Waals surface area contributed by atoms with Gasteiger partial charge < -0.3 is 15.1 Å². The van der Waals surface area contributed by atoms with E-state index in [1.807, 2.05) is 25.2 Å². The predicted octanol–water partition coefficient (Wildman–Crippen LogP) is 1.17. The zero-order chi connectivity index (χ0) is 13.0. The van der Waals surface area contributed by atoms with Crippen LogP contribution in [-0.4, -0.2) is 49.0 Å². The van der Waals surface area contributed by atoms with Crippen LogP contribution in [0.4, 0.5) is 0 Å². The summed E-state index contributed by atoms with van der Waals surface area (Å²) in [4.78, 5) is 4.08.